The third-order valence-electron chi connectivity index (χ3n) is 1.69. The summed E-state index contributed by atoms with van der Waals surface area (Å²) >= 11 is 0. The zero-order valence-corrected chi connectivity index (χ0v) is 10.3. The molecule has 0 saturated carbocycles. The summed E-state index contributed by atoms with van der Waals surface area (Å²) in [6.07, 6.45) is -0.957. The molecule has 15 heavy (non-hydrogen) atoms. The van der Waals surface area contributed by atoms with Gasteiger partial charge >= 0.3 is 5.97 Å². The highest BCUT2D eigenvalue weighted by molar-refractivity contribution is 5.74. The van der Waals surface area contributed by atoms with E-state index in [9.17, 15) is 4.79 Å². The molecule has 0 N–H and O–H groups in total. The molecule has 2 atom stereocenters. The van der Waals surface area contributed by atoms with Crippen LogP contribution in [-0.2, 0) is 19.0 Å². The topological polar surface area (TPSA) is 44.8 Å². The van der Waals surface area contributed by atoms with Crippen LogP contribution in [0.4, 0.5) is 0 Å². The van der Waals surface area contributed by atoms with E-state index in [1.165, 1.54) is 0 Å². The van der Waals surface area contributed by atoms with Crippen LogP contribution in [-0.4, -0.2) is 31.6 Å². The van der Waals surface area contributed by atoms with E-state index in [2.05, 4.69) is 0 Å². The van der Waals surface area contributed by atoms with Crippen molar-refractivity contribution in [1.29, 1.82) is 0 Å². The van der Waals surface area contributed by atoms with Crippen LogP contribution in [0, 0.1) is 5.92 Å². The first kappa shape index (κ1) is 14.4. The average Bonchev–Trinajstić information content (AvgIpc) is 2.14. The van der Waals surface area contributed by atoms with Crippen molar-refractivity contribution >= 4 is 5.97 Å². The predicted octanol–water partition coefficient (Wildman–Crippen LogP) is 1.97. The summed E-state index contributed by atoms with van der Waals surface area (Å²) in [5.41, 5.74) is 0. The summed E-state index contributed by atoms with van der Waals surface area (Å²) in [5, 5.41) is 0. The molecule has 0 rings (SSSR count). The number of rotatable bonds is 7. The Morgan fingerprint density at radius 3 is 2.27 bits per heavy atom. The van der Waals surface area contributed by atoms with Crippen molar-refractivity contribution in [2.24, 2.45) is 5.92 Å². The normalized spacial score (nSPS) is 15.1. The summed E-state index contributed by atoms with van der Waals surface area (Å²) < 4.78 is 15.5. The molecule has 0 bridgehead atoms. The van der Waals surface area contributed by atoms with Crippen molar-refractivity contribution in [3.8, 4) is 0 Å². The van der Waals surface area contributed by atoms with E-state index >= 15 is 0 Å². The molecule has 4 nitrogen and oxygen atoms in total. The van der Waals surface area contributed by atoms with Gasteiger partial charge in [-0.25, -0.2) is 4.79 Å². The Morgan fingerprint density at radius 2 is 1.80 bits per heavy atom. The largest absolute Gasteiger partial charge is 0.464 e. The molecule has 0 aromatic heterocycles. The second-order valence-corrected chi connectivity index (χ2v) is 3.83. The summed E-state index contributed by atoms with van der Waals surface area (Å²) in [6, 6.07) is 0. The Bertz CT molecular complexity index is 179. The molecular formula is C11H22O4. The van der Waals surface area contributed by atoms with Gasteiger partial charge < -0.3 is 14.2 Å². The van der Waals surface area contributed by atoms with Crippen molar-refractivity contribution in [3.05, 3.63) is 0 Å². The number of ether oxygens (including phenoxy) is 3. The maximum Gasteiger partial charge on any atom is 0.335 e. The van der Waals surface area contributed by atoms with Gasteiger partial charge in [-0.3, -0.25) is 0 Å². The van der Waals surface area contributed by atoms with Gasteiger partial charge in [0.05, 0.1) is 6.61 Å². The maximum atomic E-state index is 11.4. The third-order valence-corrected chi connectivity index (χ3v) is 1.69. The van der Waals surface area contributed by atoms with Crippen LogP contribution in [0.15, 0.2) is 0 Å². The second kappa shape index (κ2) is 7.65. The van der Waals surface area contributed by atoms with E-state index in [0.29, 0.717) is 19.1 Å². The van der Waals surface area contributed by atoms with Crippen LogP contribution >= 0.6 is 0 Å². The molecule has 0 aliphatic rings. The molecule has 0 aliphatic heterocycles. The highest BCUT2D eigenvalue weighted by Crippen LogP contribution is 2.03. The number of hydrogen-bond acceptors (Lipinski definition) is 4. The minimum atomic E-state index is -0.578. The summed E-state index contributed by atoms with van der Waals surface area (Å²) in [6.45, 7) is 10.3. The maximum absolute atomic E-state index is 11.4. The fraction of sp³-hybridized carbons (Fsp3) is 0.909. The highest BCUT2D eigenvalue weighted by atomic mass is 16.7. The van der Waals surface area contributed by atoms with E-state index in [1.807, 2.05) is 20.8 Å². The van der Waals surface area contributed by atoms with Gasteiger partial charge in [0.25, 0.3) is 0 Å². The fourth-order valence-corrected chi connectivity index (χ4v) is 0.983. The average molecular weight is 218 g/mol. The monoisotopic (exact) mass is 218 g/mol. The molecule has 2 unspecified atom stereocenters. The van der Waals surface area contributed by atoms with Gasteiger partial charge in [0.2, 0.25) is 0 Å². The molecule has 0 radical (unpaired) electrons. The first-order valence-corrected chi connectivity index (χ1v) is 5.41. The fourth-order valence-electron chi connectivity index (χ4n) is 0.983. The first-order valence-electron chi connectivity index (χ1n) is 5.41. The lowest BCUT2D eigenvalue weighted by atomic mass is 10.2. The van der Waals surface area contributed by atoms with Gasteiger partial charge in [-0.1, -0.05) is 13.8 Å². The van der Waals surface area contributed by atoms with Crippen LogP contribution in [0.3, 0.4) is 0 Å². The third kappa shape index (κ3) is 7.33. The number of esters is 1. The molecule has 0 heterocycles. The van der Waals surface area contributed by atoms with Crippen LogP contribution in [0.25, 0.3) is 0 Å². The second-order valence-electron chi connectivity index (χ2n) is 3.83. The van der Waals surface area contributed by atoms with E-state index in [4.69, 9.17) is 14.2 Å². The molecule has 4 heteroatoms. The van der Waals surface area contributed by atoms with Gasteiger partial charge in [0.15, 0.2) is 12.4 Å². The smallest absolute Gasteiger partial charge is 0.335 e. The quantitative estimate of drug-likeness (QED) is 0.484. The standard InChI is InChI=1S/C11H22O4/c1-6-13-10(5)15-9(4)11(12)14-7-8(2)3/h8-10H,6-7H2,1-5H3. The zero-order valence-electron chi connectivity index (χ0n) is 10.3. The lowest BCUT2D eigenvalue weighted by molar-refractivity contribution is -0.185. The van der Waals surface area contributed by atoms with Gasteiger partial charge in [-0.05, 0) is 26.7 Å². The molecule has 0 spiro atoms. The van der Waals surface area contributed by atoms with Crippen LogP contribution in [0.5, 0.6) is 0 Å². The summed E-state index contributed by atoms with van der Waals surface area (Å²) in [4.78, 5) is 11.4. The Labute approximate surface area is 91.9 Å². The van der Waals surface area contributed by atoms with Crippen LogP contribution < -0.4 is 0 Å². The van der Waals surface area contributed by atoms with E-state index in [1.54, 1.807) is 13.8 Å². The summed E-state index contributed by atoms with van der Waals surface area (Å²) in [5.74, 6) is 0.000665. The van der Waals surface area contributed by atoms with E-state index in [-0.39, 0.29) is 12.3 Å². The molecular weight excluding hydrogens is 196 g/mol. The SMILES string of the molecule is CCOC(C)OC(C)C(=O)OCC(C)C. The molecule has 0 saturated heterocycles. The van der Waals surface area contributed by atoms with Gasteiger partial charge in [-0.15, -0.1) is 0 Å². The molecule has 0 fully saturated rings. The Morgan fingerprint density at radius 1 is 1.20 bits per heavy atom. The Balaban J connectivity index is 3.78. The molecule has 0 aromatic rings. The first-order chi connectivity index (χ1) is 6.97. The van der Waals surface area contributed by atoms with Crippen molar-refractivity contribution in [1.82, 2.24) is 0 Å². The van der Waals surface area contributed by atoms with Gasteiger partial charge in [0, 0.05) is 6.61 Å². The minimum Gasteiger partial charge on any atom is -0.464 e. The predicted molar refractivity (Wildman–Crippen MR) is 57.4 cm³/mol. The molecule has 0 aliphatic carbocycles. The van der Waals surface area contributed by atoms with Crippen LogP contribution in [0.2, 0.25) is 0 Å². The molecule has 90 valence electrons. The lowest BCUT2D eigenvalue weighted by Gasteiger charge is -2.18. The van der Waals surface area contributed by atoms with Crippen molar-refractivity contribution < 1.29 is 19.0 Å². The zero-order chi connectivity index (χ0) is 11.8. The highest BCUT2D eigenvalue weighted by Gasteiger charge is 2.18. The summed E-state index contributed by atoms with van der Waals surface area (Å²) in [7, 11) is 0. The van der Waals surface area contributed by atoms with Crippen molar-refractivity contribution in [3.63, 3.8) is 0 Å². The number of carbonyl (C=O) groups is 1. The number of hydrogen-bond donors (Lipinski definition) is 0. The van der Waals surface area contributed by atoms with Gasteiger partial charge in [0.1, 0.15) is 0 Å². The lowest BCUT2D eigenvalue weighted by Crippen LogP contribution is -2.29. The number of carbonyl (C=O) groups excluding carboxylic acids is 1. The van der Waals surface area contributed by atoms with E-state index in [0.717, 1.165) is 0 Å². The van der Waals surface area contributed by atoms with Crippen LogP contribution in [0.1, 0.15) is 34.6 Å². The molecule has 0 amide bonds. The van der Waals surface area contributed by atoms with Crippen molar-refractivity contribution in [2.45, 2.75) is 47.0 Å². The Kier molecular flexibility index (Phi) is 7.34. The van der Waals surface area contributed by atoms with E-state index < -0.39 is 6.10 Å². The Hall–Kier alpha value is -0.610. The van der Waals surface area contributed by atoms with Crippen molar-refractivity contribution in [2.75, 3.05) is 13.2 Å². The van der Waals surface area contributed by atoms with Gasteiger partial charge in [-0.2, -0.15) is 0 Å². The minimum absolute atomic E-state index is 0.338. The molecule has 0 aromatic carbocycles.